The van der Waals surface area contributed by atoms with Crippen molar-refractivity contribution in [2.75, 3.05) is 6.61 Å². The Balaban J connectivity index is 3.21. The average Bonchev–Trinajstić information content (AvgIpc) is 2.33. The molecule has 0 bridgehead atoms. The van der Waals surface area contributed by atoms with Gasteiger partial charge in [-0.05, 0) is 36.1 Å². The summed E-state index contributed by atoms with van der Waals surface area (Å²) in [6.45, 7) is 7.28. The second-order valence-electron chi connectivity index (χ2n) is 5.36. The zero-order chi connectivity index (χ0) is 16.4. The number of rotatable bonds is 6. The summed E-state index contributed by atoms with van der Waals surface area (Å²) in [7, 11) is 1.62. The Kier molecular flexibility index (Phi) is 5.64. The summed E-state index contributed by atoms with van der Waals surface area (Å²) in [5.41, 5.74) is 6.41. The molecular formula is C14H20ClNO4S. The Bertz CT molecular complexity index is 641. The molecule has 1 unspecified atom stereocenters. The van der Waals surface area contributed by atoms with Gasteiger partial charge < -0.3 is 10.5 Å². The lowest BCUT2D eigenvalue weighted by Gasteiger charge is -2.18. The summed E-state index contributed by atoms with van der Waals surface area (Å²) in [6, 6.07) is 3.14. The van der Waals surface area contributed by atoms with E-state index < -0.39 is 20.9 Å². The van der Waals surface area contributed by atoms with E-state index in [0.717, 1.165) is 5.56 Å². The van der Waals surface area contributed by atoms with E-state index in [0.29, 0.717) is 11.3 Å². The topological polar surface area (TPSA) is 86.5 Å². The number of nitrogens with two attached hydrogens (primary N) is 1. The van der Waals surface area contributed by atoms with Crippen LogP contribution in [0.3, 0.4) is 0 Å². The number of hydrogen-bond acceptors (Lipinski definition) is 4. The number of ether oxygens (including phenoxy) is 1. The van der Waals surface area contributed by atoms with Crippen LogP contribution in [0.25, 0.3) is 0 Å². The summed E-state index contributed by atoms with van der Waals surface area (Å²) in [5, 5.41) is 0. The molecule has 21 heavy (non-hydrogen) atoms. The molecule has 0 fully saturated rings. The van der Waals surface area contributed by atoms with Crippen molar-refractivity contribution in [1.82, 2.24) is 0 Å². The van der Waals surface area contributed by atoms with E-state index >= 15 is 0 Å². The van der Waals surface area contributed by atoms with Crippen molar-refractivity contribution in [3.63, 3.8) is 0 Å². The molecular weight excluding hydrogens is 314 g/mol. The van der Waals surface area contributed by atoms with Crippen LogP contribution in [0.2, 0.25) is 0 Å². The monoisotopic (exact) mass is 333 g/mol. The summed E-state index contributed by atoms with van der Waals surface area (Å²) < 4.78 is 28.7. The first kappa shape index (κ1) is 17.8. The fourth-order valence-electron chi connectivity index (χ4n) is 1.81. The van der Waals surface area contributed by atoms with Gasteiger partial charge in [0.05, 0.1) is 17.4 Å². The third kappa shape index (κ3) is 4.61. The van der Waals surface area contributed by atoms with E-state index in [1.165, 1.54) is 6.07 Å². The highest BCUT2D eigenvalue weighted by Gasteiger charge is 2.20. The van der Waals surface area contributed by atoms with Crippen molar-refractivity contribution < 1.29 is 17.9 Å². The molecule has 0 aliphatic rings. The van der Waals surface area contributed by atoms with Crippen molar-refractivity contribution in [1.29, 1.82) is 0 Å². The lowest BCUT2D eigenvalue weighted by atomic mass is 10.0. The smallest absolute Gasteiger partial charge is 0.261 e. The maximum absolute atomic E-state index is 11.6. The van der Waals surface area contributed by atoms with E-state index in [-0.39, 0.29) is 17.4 Å². The predicted octanol–water partition coefficient (Wildman–Crippen LogP) is 2.55. The zero-order valence-electron chi connectivity index (χ0n) is 12.5. The van der Waals surface area contributed by atoms with Gasteiger partial charge in [-0.3, -0.25) is 4.79 Å². The van der Waals surface area contributed by atoms with Crippen LogP contribution in [0.1, 0.15) is 37.8 Å². The molecule has 0 aliphatic carbocycles. The molecule has 5 nitrogen and oxygen atoms in total. The molecule has 0 heterocycles. The molecule has 2 N–H and O–H groups in total. The number of hydrogen-bond donors (Lipinski definition) is 1. The third-order valence-corrected chi connectivity index (χ3v) is 4.63. The maximum atomic E-state index is 11.6. The highest BCUT2D eigenvalue weighted by atomic mass is 35.7. The fraction of sp³-hybridized carbons (Fsp3) is 0.500. The molecule has 0 aliphatic heterocycles. The molecule has 1 aromatic rings. The largest absolute Gasteiger partial charge is 0.492 e. The quantitative estimate of drug-likeness (QED) is 0.810. The summed E-state index contributed by atoms with van der Waals surface area (Å²) in [6.07, 6.45) is 0. The highest BCUT2D eigenvalue weighted by molar-refractivity contribution is 8.13. The molecule has 0 aromatic heterocycles. The van der Waals surface area contributed by atoms with E-state index in [1.54, 1.807) is 19.9 Å². The Morgan fingerprint density at radius 1 is 1.33 bits per heavy atom. The molecule has 1 rings (SSSR count). The molecule has 0 radical (unpaired) electrons. The predicted molar refractivity (Wildman–Crippen MR) is 82.2 cm³/mol. The van der Waals surface area contributed by atoms with Gasteiger partial charge in [0.1, 0.15) is 5.75 Å². The standard InChI is InChI=1S/C14H20ClNO4S/c1-8(2)11-6-13(21(15,18)19)9(3)5-12(11)20-7-10(4)14(16)17/h5-6,8,10H,7H2,1-4H3,(H2,16,17). The van der Waals surface area contributed by atoms with Crippen LogP contribution < -0.4 is 10.5 Å². The molecule has 0 spiro atoms. The molecule has 0 saturated heterocycles. The van der Waals surface area contributed by atoms with E-state index in [9.17, 15) is 13.2 Å². The van der Waals surface area contributed by atoms with E-state index in [1.807, 2.05) is 13.8 Å². The third-order valence-electron chi connectivity index (χ3n) is 3.17. The minimum absolute atomic E-state index is 0.0432. The Hall–Kier alpha value is -1.27. The van der Waals surface area contributed by atoms with Crippen molar-refractivity contribution in [2.24, 2.45) is 11.7 Å². The minimum Gasteiger partial charge on any atom is -0.492 e. The van der Waals surface area contributed by atoms with Crippen LogP contribution in [0.5, 0.6) is 5.75 Å². The second-order valence-corrected chi connectivity index (χ2v) is 7.90. The fourth-order valence-corrected chi connectivity index (χ4v) is 3.02. The zero-order valence-corrected chi connectivity index (χ0v) is 14.1. The SMILES string of the molecule is Cc1cc(OCC(C)C(N)=O)c(C(C)C)cc1S(=O)(=O)Cl. The lowest BCUT2D eigenvalue weighted by molar-refractivity contribution is -0.122. The van der Waals surface area contributed by atoms with Crippen LogP contribution in [-0.2, 0) is 13.8 Å². The molecule has 1 aromatic carbocycles. The van der Waals surface area contributed by atoms with Crippen LogP contribution >= 0.6 is 10.7 Å². The van der Waals surface area contributed by atoms with Gasteiger partial charge >= 0.3 is 0 Å². The van der Waals surface area contributed by atoms with Gasteiger partial charge in [-0.25, -0.2) is 8.42 Å². The van der Waals surface area contributed by atoms with Crippen molar-refractivity contribution in [2.45, 2.75) is 38.5 Å². The van der Waals surface area contributed by atoms with Gasteiger partial charge in [0.25, 0.3) is 9.05 Å². The number of carbonyl (C=O) groups is 1. The first-order chi connectivity index (χ1) is 9.54. The Labute approximate surface area is 129 Å². The van der Waals surface area contributed by atoms with Gasteiger partial charge in [0.2, 0.25) is 5.91 Å². The van der Waals surface area contributed by atoms with E-state index in [4.69, 9.17) is 21.2 Å². The highest BCUT2D eigenvalue weighted by Crippen LogP contribution is 2.33. The number of aryl methyl sites for hydroxylation is 1. The lowest BCUT2D eigenvalue weighted by Crippen LogP contribution is -2.26. The molecule has 118 valence electrons. The second kappa shape index (κ2) is 6.66. The number of carbonyl (C=O) groups excluding carboxylic acids is 1. The summed E-state index contributed by atoms with van der Waals surface area (Å²) in [5.74, 6) is -0.291. The normalized spacial score (nSPS) is 13.2. The summed E-state index contributed by atoms with van der Waals surface area (Å²) in [4.78, 5) is 11.1. The van der Waals surface area contributed by atoms with E-state index in [2.05, 4.69) is 0 Å². The maximum Gasteiger partial charge on any atom is 0.261 e. The number of halogens is 1. The molecule has 0 saturated carbocycles. The van der Waals surface area contributed by atoms with Crippen LogP contribution in [-0.4, -0.2) is 20.9 Å². The van der Waals surface area contributed by atoms with Gasteiger partial charge in [0.15, 0.2) is 0 Å². The van der Waals surface area contributed by atoms with Crippen LogP contribution in [0.15, 0.2) is 17.0 Å². The van der Waals surface area contributed by atoms with Crippen molar-refractivity contribution >= 4 is 25.6 Å². The summed E-state index contributed by atoms with van der Waals surface area (Å²) >= 11 is 0. The minimum atomic E-state index is -3.81. The first-order valence-corrected chi connectivity index (χ1v) is 8.86. The van der Waals surface area contributed by atoms with Crippen LogP contribution in [0, 0.1) is 12.8 Å². The average molecular weight is 334 g/mol. The molecule has 1 atom stereocenters. The van der Waals surface area contributed by atoms with Gasteiger partial charge in [-0.15, -0.1) is 0 Å². The molecule has 1 amide bonds. The Morgan fingerprint density at radius 2 is 1.90 bits per heavy atom. The molecule has 7 heteroatoms. The van der Waals surface area contributed by atoms with Crippen molar-refractivity contribution in [3.05, 3.63) is 23.3 Å². The first-order valence-electron chi connectivity index (χ1n) is 6.55. The number of benzene rings is 1. The number of primary amides is 1. The van der Waals surface area contributed by atoms with Gasteiger partial charge in [0, 0.05) is 10.7 Å². The van der Waals surface area contributed by atoms with Gasteiger partial charge in [-0.1, -0.05) is 20.8 Å². The Morgan fingerprint density at radius 3 is 2.33 bits per heavy atom. The van der Waals surface area contributed by atoms with Crippen molar-refractivity contribution in [3.8, 4) is 5.75 Å². The van der Waals surface area contributed by atoms with Gasteiger partial charge in [-0.2, -0.15) is 0 Å². The van der Waals surface area contributed by atoms with Crippen LogP contribution in [0.4, 0.5) is 0 Å². The number of amides is 1.